The molecule has 1 aliphatic rings. The van der Waals surface area contributed by atoms with Gasteiger partial charge in [0, 0.05) is 17.3 Å². The van der Waals surface area contributed by atoms with Crippen LogP contribution in [-0.4, -0.2) is 61.2 Å². The summed E-state index contributed by atoms with van der Waals surface area (Å²) in [6.45, 7) is 1.34. The second-order valence-corrected chi connectivity index (χ2v) is 15.9. The van der Waals surface area contributed by atoms with Crippen LogP contribution < -0.4 is 5.32 Å². The van der Waals surface area contributed by atoms with Gasteiger partial charge in [0.15, 0.2) is 0 Å². The lowest BCUT2D eigenvalue weighted by Gasteiger charge is -2.46. The number of fused-ring (bicyclic) bond motifs is 1. The molecule has 2 heterocycles. The van der Waals surface area contributed by atoms with E-state index in [1.54, 1.807) is 0 Å². The fourth-order valence-electron chi connectivity index (χ4n) is 8.15. The highest BCUT2D eigenvalue weighted by molar-refractivity contribution is 5.87. The minimum absolute atomic E-state index is 0.0286. The molecule has 65 heavy (non-hydrogen) atoms. The van der Waals surface area contributed by atoms with Crippen LogP contribution in [0.15, 0.2) is 176 Å². The zero-order valence-corrected chi connectivity index (χ0v) is 36.3. The Labute approximate surface area is 379 Å². The van der Waals surface area contributed by atoms with Crippen LogP contribution in [0, 0.1) is 0 Å². The summed E-state index contributed by atoms with van der Waals surface area (Å²) in [5, 5.41) is 3.62. The number of hydrogen-bond donors (Lipinski definition) is 2. The van der Waals surface area contributed by atoms with Crippen molar-refractivity contribution in [2.75, 3.05) is 13.7 Å². The first kappa shape index (κ1) is 45.0. The maximum Gasteiger partial charge on any atom is 0.408 e. The number of para-hydroxylation sites is 1. The Morgan fingerprint density at radius 1 is 0.569 bits per heavy atom. The highest BCUT2D eigenvalue weighted by Gasteiger charge is 2.50. The lowest BCUT2D eigenvalue weighted by atomic mass is 9.89. The number of hydrogen-bond acceptors (Lipinski definition) is 9. The summed E-state index contributed by atoms with van der Waals surface area (Å²) in [4.78, 5) is 30.6. The van der Waals surface area contributed by atoms with Crippen molar-refractivity contribution in [3.05, 3.63) is 215 Å². The van der Waals surface area contributed by atoms with Crippen LogP contribution in [0.4, 0.5) is 4.79 Å². The van der Waals surface area contributed by atoms with Gasteiger partial charge in [0.1, 0.15) is 43.2 Å². The van der Waals surface area contributed by atoms with E-state index in [4.69, 9.17) is 33.2 Å². The maximum absolute atomic E-state index is 13.6. The molecule has 1 aromatic heterocycles. The highest BCUT2D eigenvalue weighted by Crippen LogP contribution is 2.41. The Bertz CT molecular complexity index is 2520. The first-order valence-corrected chi connectivity index (χ1v) is 21.9. The lowest BCUT2D eigenvalue weighted by molar-refractivity contribution is -0.275. The zero-order valence-electron chi connectivity index (χ0n) is 36.3. The van der Waals surface area contributed by atoms with Crippen LogP contribution in [0.1, 0.15) is 45.2 Å². The van der Waals surface area contributed by atoms with Gasteiger partial charge in [0.25, 0.3) is 0 Å². The van der Waals surface area contributed by atoms with E-state index in [1.807, 2.05) is 176 Å². The molecule has 334 valence electrons. The fraction of sp³-hybridized carbons (Fsp3) is 0.259. The van der Waals surface area contributed by atoms with E-state index in [-0.39, 0.29) is 39.5 Å². The van der Waals surface area contributed by atoms with Gasteiger partial charge in [-0.25, -0.2) is 9.59 Å². The number of methoxy groups -OCH3 is 1. The van der Waals surface area contributed by atoms with E-state index in [0.29, 0.717) is 12.3 Å². The first-order chi connectivity index (χ1) is 32.0. The molecule has 0 radical (unpaired) electrons. The van der Waals surface area contributed by atoms with E-state index in [2.05, 4.69) is 10.3 Å². The molecule has 1 saturated heterocycles. The summed E-state index contributed by atoms with van der Waals surface area (Å²) < 4.78 is 45.6. The predicted octanol–water partition coefficient (Wildman–Crippen LogP) is 9.59. The van der Waals surface area contributed by atoms with Crippen molar-refractivity contribution in [3.8, 4) is 0 Å². The number of aromatic nitrogens is 1. The normalized spacial score (nSPS) is 18.8. The minimum atomic E-state index is -1.12. The monoisotopic (exact) mass is 874 g/mol. The molecule has 6 atom stereocenters. The molecule has 1 aliphatic heterocycles. The Balaban J connectivity index is 1.19. The SMILES string of the molecule is COC(=O)[C@H](Cc1c([C@H]2O[C@H](COCc3ccccc3)[C@@H](OCc3ccccc3)[C@H](OCc3ccccc3)[C@@H]2OCc2ccccc2)[nH]c2ccccc12)NC(=O)OCc1ccccc1. The van der Waals surface area contributed by atoms with E-state index in [1.165, 1.54) is 7.11 Å². The average molecular weight is 875 g/mol. The van der Waals surface area contributed by atoms with Gasteiger partial charge >= 0.3 is 12.1 Å². The quantitative estimate of drug-likeness (QED) is 0.0721. The summed E-state index contributed by atoms with van der Waals surface area (Å²) in [7, 11) is 1.30. The molecule has 1 amide bonds. The van der Waals surface area contributed by atoms with Crippen LogP contribution in [0.3, 0.4) is 0 Å². The first-order valence-electron chi connectivity index (χ1n) is 21.9. The van der Waals surface area contributed by atoms with Crippen molar-refractivity contribution >= 4 is 23.0 Å². The standard InChI is InChI=1S/C54H54N2O9/c1-59-53(57)46(56-54(58)64-36-42-27-15-6-16-28-42)31-44-43-29-17-18-30-45(43)55-48(44)50-52(63-35-41-25-13-5-14-26-41)51(62-34-40-23-11-4-12-24-40)49(61-33-39-21-9-3-10-22-39)47(65-50)37-60-32-38-19-7-2-8-20-38/h2-30,46-47,49-52,55H,31-37H2,1H3,(H,56,58)/t46-,47+,49+,50+,51-,52+/m0/s1. The number of H-pyrrole nitrogens is 1. The van der Waals surface area contributed by atoms with Crippen molar-refractivity contribution in [2.45, 2.75) is 76.0 Å². The molecular formula is C54H54N2O9. The minimum Gasteiger partial charge on any atom is -0.467 e. The largest absolute Gasteiger partial charge is 0.467 e. The second kappa shape index (κ2) is 22.8. The summed E-state index contributed by atoms with van der Waals surface area (Å²) in [5.74, 6) is -0.634. The van der Waals surface area contributed by atoms with Gasteiger partial charge in [-0.15, -0.1) is 0 Å². The van der Waals surface area contributed by atoms with Crippen molar-refractivity contribution < 1.29 is 42.7 Å². The topological polar surface area (TPSA) is 127 Å². The van der Waals surface area contributed by atoms with Gasteiger partial charge in [-0.3, -0.25) is 0 Å². The summed E-state index contributed by atoms with van der Waals surface area (Å²) in [5.41, 5.74) is 6.95. The molecule has 11 nitrogen and oxygen atoms in total. The van der Waals surface area contributed by atoms with Crippen LogP contribution in [0.25, 0.3) is 10.9 Å². The summed E-state index contributed by atoms with van der Waals surface area (Å²) >= 11 is 0. The number of rotatable bonds is 20. The summed E-state index contributed by atoms with van der Waals surface area (Å²) in [6, 6.07) is 56.0. The maximum atomic E-state index is 13.6. The predicted molar refractivity (Wildman–Crippen MR) is 246 cm³/mol. The molecule has 2 N–H and O–H groups in total. The second-order valence-electron chi connectivity index (χ2n) is 15.9. The molecule has 6 aromatic carbocycles. The number of amides is 1. The van der Waals surface area contributed by atoms with Gasteiger partial charge < -0.3 is 43.5 Å². The molecule has 8 rings (SSSR count). The molecule has 1 fully saturated rings. The third-order valence-electron chi connectivity index (χ3n) is 11.4. The van der Waals surface area contributed by atoms with E-state index in [0.717, 1.165) is 44.3 Å². The van der Waals surface area contributed by atoms with Crippen LogP contribution >= 0.6 is 0 Å². The molecule has 11 heteroatoms. The third-order valence-corrected chi connectivity index (χ3v) is 11.4. The number of carbonyl (C=O) groups excluding carboxylic acids is 2. The number of esters is 1. The van der Waals surface area contributed by atoms with Crippen LogP contribution in [-0.2, 0) is 77.4 Å². The smallest absolute Gasteiger partial charge is 0.408 e. The Kier molecular flexibility index (Phi) is 15.8. The molecule has 0 aliphatic carbocycles. The van der Waals surface area contributed by atoms with Gasteiger partial charge in [-0.2, -0.15) is 0 Å². The number of aromatic amines is 1. The average Bonchev–Trinajstić information content (AvgIpc) is 3.72. The van der Waals surface area contributed by atoms with Crippen LogP contribution in [0.5, 0.6) is 0 Å². The number of alkyl carbamates (subject to hydrolysis) is 1. The van der Waals surface area contributed by atoms with Crippen molar-refractivity contribution in [3.63, 3.8) is 0 Å². The molecule has 0 spiro atoms. The Hall–Kier alpha value is -6.60. The van der Waals surface area contributed by atoms with Gasteiger partial charge in [-0.1, -0.05) is 170 Å². The lowest BCUT2D eigenvalue weighted by Crippen LogP contribution is -2.58. The molecule has 0 unspecified atom stereocenters. The zero-order chi connectivity index (χ0) is 44.6. The highest BCUT2D eigenvalue weighted by atomic mass is 16.6. The van der Waals surface area contributed by atoms with Crippen molar-refractivity contribution in [2.24, 2.45) is 0 Å². The molecule has 0 saturated carbocycles. The third kappa shape index (κ3) is 12.2. The molecule has 0 bridgehead atoms. The van der Waals surface area contributed by atoms with Crippen molar-refractivity contribution in [1.82, 2.24) is 10.3 Å². The van der Waals surface area contributed by atoms with Crippen molar-refractivity contribution in [1.29, 1.82) is 0 Å². The van der Waals surface area contributed by atoms with Gasteiger partial charge in [-0.05, 0) is 39.4 Å². The van der Waals surface area contributed by atoms with E-state index in [9.17, 15) is 9.59 Å². The van der Waals surface area contributed by atoms with E-state index < -0.39 is 48.6 Å². The van der Waals surface area contributed by atoms with Gasteiger partial charge in [0.2, 0.25) is 0 Å². The number of nitrogens with one attached hydrogen (secondary N) is 2. The molecule has 7 aromatic rings. The number of carbonyl (C=O) groups is 2. The molecular weight excluding hydrogens is 821 g/mol. The fourth-order valence-corrected chi connectivity index (χ4v) is 8.15. The number of ether oxygens (including phenoxy) is 7. The Morgan fingerprint density at radius 3 is 1.57 bits per heavy atom. The summed E-state index contributed by atoms with van der Waals surface area (Å²) in [6.07, 6.45) is -4.32. The van der Waals surface area contributed by atoms with Gasteiger partial charge in [0.05, 0.1) is 45.8 Å². The Morgan fingerprint density at radius 2 is 1.03 bits per heavy atom. The number of benzene rings is 6. The van der Waals surface area contributed by atoms with Crippen LogP contribution in [0.2, 0.25) is 0 Å². The van der Waals surface area contributed by atoms with E-state index >= 15 is 0 Å².